The summed E-state index contributed by atoms with van der Waals surface area (Å²) in [5.41, 5.74) is 0. The number of Topliss-reactive ketones (excluding diaryl/α,β-unsaturated/α-hetero) is 1. The molecule has 1 rings (SSSR count). The molecule has 1 atom stereocenters. The fraction of sp³-hybridized carbons (Fsp3) is 0.900. The Labute approximate surface area is 75.3 Å². The number of ether oxygens (including phenoxy) is 1. The molecule has 1 aliphatic rings. The molecule has 72 valence electrons. The predicted molar refractivity (Wildman–Crippen MR) is 50.2 cm³/mol. The summed E-state index contributed by atoms with van der Waals surface area (Å²) in [4.78, 5) is 10.6. The van der Waals surface area contributed by atoms with Gasteiger partial charge >= 0.3 is 0 Å². The van der Waals surface area contributed by atoms with Gasteiger partial charge in [0.15, 0.2) is 0 Å². The van der Waals surface area contributed by atoms with Crippen LogP contribution < -0.4 is 0 Å². The molecular weight excluding hydrogens is 152 g/mol. The SMILES string of the molecule is CC.CC(=O)CC1CCCCO1. The predicted octanol–water partition coefficient (Wildman–Crippen LogP) is 2.56. The Balaban J connectivity index is 0.000000561. The first-order chi connectivity index (χ1) is 5.79. The van der Waals surface area contributed by atoms with E-state index in [1.54, 1.807) is 6.92 Å². The monoisotopic (exact) mass is 172 g/mol. The summed E-state index contributed by atoms with van der Waals surface area (Å²) in [6, 6.07) is 0. The molecule has 0 saturated carbocycles. The molecule has 0 amide bonds. The van der Waals surface area contributed by atoms with Crippen LogP contribution in [0.25, 0.3) is 0 Å². The zero-order chi connectivity index (χ0) is 9.40. The van der Waals surface area contributed by atoms with Crippen molar-refractivity contribution in [2.75, 3.05) is 6.61 Å². The normalized spacial score (nSPS) is 22.4. The van der Waals surface area contributed by atoms with Gasteiger partial charge in [-0.3, -0.25) is 4.79 Å². The van der Waals surface area contributed by atoms with E-state index in [-0.39, 0.29) is 11.9 Å². The van der Waals surface area contributed by atoms with Crippen molar-refractivity contribution >= 4 is 5.78 Å². The average Bonchev–Trinajstić information content (AvgIpc) is 2.08. The molecule has 0 aromatic carbocycles. The van der Waals surface area contributed by atoms with Crippen molar-refractivity contribution in [2.45, 2.75) is 52.6 Å². The van der Waals surface area contributed by atoms with Crippen LogP contribution in [0.3, 0.4) is 0 Å². The highest BCUT2D eigenvalue weighted by Gasteiger charge is 2.14. The van der Waals surface area contributed by atoms with Crippen molar-refractivity contribution in [1.82, 2.24) is 0 Å². The molecule has 1 saturated heterocycles. The van der Waals surface area contributed by atoms with Crippen LogP contribution in [0.5, 0.6) is 0 Å². The Morgan fingerprint density at radius 2 is 2.08 bits per heavy atom. The lowest BCUT2D eigenvalue weighted by atomic mass is 10.1. The first-order valence-electron chi connectivity index (χ1n) is 4.90. The van der Waals surface area contributed by atoms with E-state index in [4.69, 9.17) is 4.74 Å². The third-order valence-corrected chi connectivity index (χ3v) is 1.79. The van der Waals surface area contributed by atoms with E-state index >= 15 is 0 Å². The fourth-order valence-corrected chi connectivity index (χ4v) is 1.29. The maximum absolute atomic E-state index is 10.6. The van der Waals surface area contributed by atoms with E-state index in [1.807, 2.05) is 13.8 Å². The molecule has 0 bridgehead atoms. The molecule has 0 aromatic rings. The second kappa shape index (κ2) is 7.29. The molecule has 0 aliphatic carbocycles. The van der Waals surface area contributed by atoms with Gasteiger partial charge in [-0.05, 0) is 26.2 Å². The van der Waals surface area contributed by atoms with Crippen LogP contribution in [0.2, 0.25) is 0 Å². The Bertz CT molecular complexity index is 115. The Morgan fingerprint density at radius 3 is 2.50 bits per heavy atom. The third kappa shape index (κ3) is 5.30. The quantitative estimate of drug-likeness (QED) is 0.640. The van der Waals surface area contributed by atoms with Crippen LogP contribution in [-0.2, 0) is 9.53 Å². The minimum atomic E-state index is 0.228. The van der Waals surface area contributed by atoms with E-state index < -0.39 is 0 Å². The van der Waals surface area contributed by atoms with Gasteiger partial charge in [0.05, 0.1) is 6.10 Å². The maximum Gasteiger partial charge on any atom is 0.132 e. The highest BCUT2D eigenvalue weighted by atomic mass is 16.5. The number of carbonyl (C=O) groups is 1. The van der Waals surface area contributed by atoms with Crippen LogP contribution in [0.15, 0.2) is 0 Å². The lowest BCUT2D eigenvalue weighted by molar-refractivity contribution is -0.120. The van der Waals surface area contributed by atoms with Crippen LogP contribution >= 0.6 is 0 Å². The van der Waals surface area contributed by atoms with E-state index in [9.17, 15) is 4.79 Å². The fourth-order valence-electron chi connectivity index (χ4n) is 1.29. The largest absolute Gasteiger partial charge is 0.378 e. The molecule has 2 nitrogen and oxygen atoms in total. The average molecular weight is 172 g/mol. The number of rotatable bonds is 2. The molecule has 1 heterocycles. The van der Waals surface area contributed by atoms with Gasteiger partial charge in [0.2, 0.25) is 0 Å². The molecule has 1 fully saturated rings. The highest BCUT2D eigenvalue weighted by molar-refractivity contribution is 5.75. The molecule has 0 spiro atoms. The van der Waals surface area contributed by atoms with Crippen LogP contribution in [-0.4, -0.2) is 18.5 Å². The zero-order valence-electron chi connectivity index (χ0n) is 8.43. The highest BCUT2D eigenvalue weighted by Crippen LogP contribution is 2.15. The van der Waals surface area contributed by atoms with Gasteiger partial charge in [0.1, 0.15) is 5.78 Å². The summed E-state index contributed by atoms with van der Waals surface area (Å²) in [5.74, 6) is 0.243. The first-order valence-corrected chi connectivity index (χ1v) is 4.90. The smallest absolute Gasteiger partial charge is 0.132 e. The van der Waals surface area contributed by atoms with Crippen molar-refractivity contribution in [3.8, 4) is 0 Å². The second-order valence-corrected chi connectivity index (χ2v) is 2.89. The minimum Gasteiger partial charge on any atom is -0.378 e. The van der Waals surface area contributed by atoms with Crippen LogP contribution in [0, 0.1) is 0 Å². The van der Waals surface area contributed by atoms with Gasteiger partial charge in [-0.1, -0.05) is 13.8 Å². The summed E-state index contributed by atoms with van der Waals surface area (Å²) in [7, 11) is 0. The van der Waals surface area contributed by atoms with Gasteiger partial charge in [-0.15, -0.1) is 0 Å². The van der Waals surface area contributed by atoms with E-state index in [0.29, 0.717) is 6.42 Å². The molecule has 0 radical (unpaired) electrons. The van der Waals surface area contributed by atoms with Crippen molar-refractivity contribution in [3.05, 3.63) is 0 Å². The maximum atomic E-state index is 10.6. The van der Waals surface area contributed by atoms with Gasteiger partial charge in [0, 0.05) is 13.0 Å². The lowest BCUT2D eigenvalue weighted by Gasteiger charge is -2.20. The number of carbonyl (C=O) groups excluding carboxylic acids is 1. The number of hydrogen-bond donors (Lipinski definition) is 0. The van der Waals surface area contributed by atoms with E-state index in [0.717, 1.165) is 19.4 Å². The summed E-state index contributed by atoms with van der Waals surface area (Å²) >= 11 is 0. The molecule has 0 N–H and O–H groups in total. The van der Waals surface area contributed by atoms with Crippen molar-refractivity contribution in [3.63, 3.8) is 0 Å². The number of hydrogen-bond acceptors (Lipinski definition) is 2. The molecule has 1 unspecified atom stereocenters. The van der Waals surface area contributed by atoms with Crippen LogP contribution in [0.4, 0.5) is 0 Å². The third-order valence-electron chi connectivity index (χ3n) is 1.79. The minimum absolute atomic E-state index is 0.228. The topological polar surface area (TPSA) is 26.3 Å². The summed E-state index contributed by atoms with van der Waals surface area (Å²) in [6.07, 6.45) is 4.29. The van der Waals surface area contributed by atoms with E-state index in [2.05, 4.69) is 0 Å². The van der Waals surface area contributed by atoms with Crippen molar-refractivity contribution in [1.29, 1.82) is 0 Å². The summed E-state index contributed by atoms with van der Waals surface area (Å²) in [5, 5.41) is 0. The van der Waals surface area contributed by atoms with Crippen LogP contribution in [0.1, 0.15) is 46.5 Å². The van der Waals surface area contributed by atoms with Gasteiger partial charge in [0.25, 0.3) is 0 Å². The molecule has 0 aromatic heterocycles. The second-order valence-electron chi connectivity index (χ2n) is 2.89. The summed E-state index contributed by atoms with van der Waals surface area (Å²) in [6.45, 7) is 6.47. The molecule has 12 heavy (non-hydrogen) atoms. The lowest BCUT2D eigenvalue weighted by Crippen LogP contribution is -2.21. The van der Waals surface area contributed by atoms with Crippen molar-refractivity contribution < 1.29 is 9.53 Å². The number of ketones is 1. The first kappa shape index (κ1) is 11.6. The molecular formula is C10H20O2. The van der Waals surface area contributed by atoms with Gasteiger partial charge in [-0.2, -0.15) is 0 Å². The Kier molecular flexibility index (Phi) is 7.06. The standard InChI is InChI=1S/C8H14O2.C2H6/c1-7(9)6-8-4-2-3-5-10-8;1-2/h8H,2-6H2,1H3;1-2H3. The van der Waals surface area contributed by atoms with Crippen molar-refractivity contribution in [2.24, 2.45) is 0 Å². The summed E-state index contributed by atoms with van der Waals surface area (Å²) < 4.78 is 5.37. The zero-order valence-corrected chi connectivity index (χ0v) is 8.43. The van der Waals surface area contributed by atoms with E-state index in [1.165, 1.54) is 6.42 Å². The Hall–Kier alpha value is -0.370. The Morgan fingerprint density at radius 1 is 1.42 bits per heavy atom. The molecule has 2 heteroatoms. The van der Waals surface area contributed by atoms with Gasteiger partial charge in [-0.25, -0.2) is 0 Å². The van der Waals surface area contributed by atoms with Gasteiger partial charge < -0.3 is 4.74 Å². The molecule has 1 aliphatic heterocycles.